The first-order valence-electron chi connectivity index (χ1n) is 9.78. The highest BCUT2D eigenvalue weighted by atomic mass is 32.2. The number of nitrogens with zero attached hydrogens (tertiary/aromatic N) is 3. The second kappa shape index (κ2) is 9.69. The minimum Gasteiger partial charge on any atom is -0.284 e. The van der Waals surface area contributed by atoms with Crippen LogP contribution in [0.15, 0.2) is 58.7 Å². The maximum absolute atomic E-state index is 13.0. The molecule has 1 heterocycles. The molecule has 2 aromatic carbocycles. The summed E-state index contributed by atoms with van der Waals surface area (Å²) >= 11 is 1.54. The number of amides is 1. The van der Waals surface area contributed by atoms with Crippen LogP contribution in [0.25, 0.3) is 0 Å². The van der Waals surface area contributed by atoms with Crippen LogP contribution in [0.5, 0.6) is 0 Å². The zero-order chi connectivity index (χ0) is 19.9. The summed E-state index contributed by atoms with van der Waals surface area (Å²) < 4.78 is 0. The Morgan fingerprint density at radius 2 is 1.86 bits per heavy atom. The fraction of sp³-hybridized carbons (Fsp3) is 0.348. The summed E-state index contributed by atoms with van der Waals surface area (Å²) in [6.45, 7) is 6.82. The summed E-state index contributed by atoms with van der Waals surface area (Å²) in [6.07, 6.45) is 4.75. The minimum absolute atomic E-state index is 0.0581. The van der Waals surface area contributed by atoms with Crippen molar-refractivity contribution >= 4 is 29.1 Å². The topological polar surface area (TPSA) is 45.0 Å². The fourth-order valence-electron chi connectivity index (χ4n) is 3.06. The Balaban J connectivity index is 1.81. The molecule has 4 nitrogen and oxygen atoms in total. The molecule has 1 atom stereocenters. The Bertz CT molecular complexity index is 874. The van der Waals surface area contributed by atoms with Gasteiger partial charge < -0.3 is 0 Å². The number of hydrogen-bond acceptors (Lipinski definition) is 4. The van der Waals surface area contributed by atoms with Gasteiger partial charge in [0.15, 0.2) is 5.17 Å². The quantitative estimate of drug-likeness (QED) is 0.471. The van der Waals surface area contributed by atoms with Crippen LogP contribution in [0.3, 0.4) is 0 Å². The molecule has 1 aliphatic rings. The summed E-state index contributed by atoms with van der Waals surface area (Å²) in [7, 11) is 0. The lowest BCUT2D eigenvalue weighted by Gasteiger charge is -2.17. The summed E-state index contributed by atoms with van der Waals surface area (Å²) in [5, 5.41) is 9.31. The molecule has 0 radical (unpaired) electrons. The van der Waals surface area contributed by atoms with Gasteiger partial charge in [-0.25, -0.2) is 0 Å². The van der Waals surface area contributed by atoms with Gasteiger partial charge in [0.05, 0.1) is 18.0 Å². The van der Waals surface area contributed by atoms with Gasteiger partial charge in [0.2, 0.25) is 5.91 Å². The van der Waals surface area contributed by atoms with Crippen molar-refractivity contribution in [1.29, 1.82) is 0 Å². The normalized spacial score (nSPS) is 18.5. The molecule has 28 heavy (non-hydrogen) atoms. The monoisotopic (exact) mass is 393 g/mol. The molecular weight excluding hydrogens is 366 g/mol. The summed E-state index contributed by atoms with van der Waals surface area (Å²) in [6, 6.07) is 16.3. The van der Waals surface area contributed by atoms with Crippen molar-refractivity contribution in [2.75, 3.05) is 0 Å². The van der Waals surface area contributed by atoms with Gasteiger partial charge in [-0.1, -0.05) is 85.6 Å². The standard InChI is InChI=1S/C23H27N3OS/c1-4-5-10-21-22(27)26(16-20-9-7-6-8-18(20)3)23(28-21)25-24-15-19-13-11-17(2)12-14-19/h6-9,11-15,21H,4-5,10,16H2,1-3H3/b24-15-,25-23+/t21-/m0/s1. The number of unbranched alkanes of at least 4 members (excludes halogenated alkanes) is 1. The van der Waals surface area contributed by atoms with E-state index in [0.29, 0.717) is 11.7 Å². The Morgan fingerprint density at radius 1 is 1.11 bits per heavy atom. The van der Waals surface area contributed by atoms with Crippen molar-refractivity contribution < 1.29 is 4.79 Å². The van der Waals surface area contributed by atoms with Crippen LogP contribution in [0.4, 0.5) is 0 Å². The smallest absolute Gasteiger partial charge is 0.242 e. The third-order valence-electron chi connectivity index (χ3n) is 4.86. The van der Waals surface area contributed by atoms with Gasteiger partial charge in [-0.2, -0.15) is 5.10 Å². The lowest BCUT2D eigenvalue weighted by Crippen LogP contribution is -2.31. The van der Waals surface area contributed by atoms with E-state index in [4.69, 9.17) is 0 Å². The lowest BCUT2D eigenvalue weighted by atomic mass is 10.1. The van der Waals surface area contributed by atoms with Crippen LogP contribution >= 0.6 is 11.8 Å². The molecule has 0 unspecified atom stereocenters. The Labute approximate surface area is 171 Å². The summed E-state index contributed by atoms with van der Waals surface area (Å²) in [4.78, 5) is 14.8. The van der Waals surface area contributed by atoms with Crippen molar-refractivity contribution in [3.8, 4) is 0 Å². The van der Waals surface area contributed by atoms with Gasteiger partial charge in [0, 0.05) is 0 Å². The highest BCUT2D eigenvalue weighted by molar-refractivity contribution is 8.15. The molecule has 1 saturated heterocycles. The molecule has 3 rings (SSSR count). The predicted molar refractivity (Wildman–Crippen MR) is 119 cm³/mol. The van der Waals surface area contributed by atoms with Crippen LogP contribution in [-0.2, 0) is 11.3 Å². The van der Waals surface area contributed by atoms with Crippen molar-refractivity contribution in [2.45, 2.75) is 51.8 Å². The van der Waals surface area contributed by atoms with E-state index >= 15 is 0 Å². The van der Waals surface area contributed by atoms with E-state index in [-0.39, 0.29) is 11.2 Å². The van der Waals surface area contributed by atoms with Crippen LogP contribution in [0, 0.1) is 13.8 Å². The van der Waals surface area contributed by atoms with E-state index in [1.165, 1.54) is 11.1 Å². The second-order valence-electron chi connectivity index (χ2n) is 7.14. The van der Waals surface area contributed by atoms with Crippen LogP contribution in [-0.4, -0.2) is 27.4 Å². The van der Waals surface area contributed by atoms with E-state index in [1.807, 2.05) is 36.4 Å². The van der Waals surface area contributed by atoms with Crippen LogP contribution in [0.2, 0.25) is 0 Å². The Hall–Kier alpha value is -2.40. The first-order valence-corrected chi connectivity index (χ1v) is 10.7. The average molecular weight is 394 g/mol. The predicted octanol–water partition coefficient (Wildman–Crippen LogP) is 5.33. The molecule has 0 bridgehead atoms. The molecular formula is C23H27N3OS. The van der Waals surface area contributed by atoms with Crippen LogP contribution < -0.4 is 0 Å². The molecule has 1 amide bonds. The molecule has 146 valence electrons. The SMILES string of the molecule is CCCC[C@@H]1S/C(=N/N=C\c2ccc(C)cc2)N(Cc2ccccc2C)C1=O. The van der Waals surface area contributed by atoms with Crippen molar-refractivity contribution in [3.05, 3.63) is 70.8 Å². The van der Waals surface area contributed by atoms with E-state index in [9.17, 15) is 4.79 Å². The average Bonchev–Trinajstić information content (AvgIpc) is 2.98. The Morgan fingerprint density at radius 3 is 2.57 bits per heavy atom. The van der Waals surface area contributed by atoms with Gasteiger partial charge in [-0.05, 0) is 37.0 Å². The molecule has 0 N–H and O–H groups in total. The molecule has 2 aromatic rings. The number of aryl methyl sites for hydroxylation is 2. The first-order chi connectivity index (χ1) is 13.6. The second-order valence-corrected chi connectivity index (χ2v) is 8.31. The van der Waals surface area contributed by atoms with E-state index in [2.05, 4.69) is 43.1 Å². The molecule has 1 fully saturated rings. The van der Waals surface area contributed by atoms with Crippen molar-refractivity contribution in [2.24, 2.45) is 10.2 Å². The fourth-order valence-corrected chi connectivity index (χ4v) is 4.20. The van der Waals surface area contributed by atoms with Crippen LogP contribution in [0.1, 0.15) is 48.4 Å². The number of benzene rings is 2. The highest BCUT2D eigenvalue weighted by Crippen LogP contribution is 2.32. The zero-order valence-corrected chi connectivity index (χ0v) is 17.6. The summed E-state index contributed by atoms with van der Waals surface area (Å²) in [5.74, 6) is 0.144. The van der Waals surface area contributed by atoms with Gasteiger partial charge >= 0.3 is 0 Å². The maximum atomic E-state index is 13.0. The summed E-state index contributed by atoms with van der Waals surface area (Å²) in [5.41, 5.74) is 4.53. The largest absolute Gasteiger partial charge is 0.284 e. The van der Waals surface area contributed by atoms with Crippen molar-refractivity contribution in [3.63, 3.8) is 0 Å². The van der Waals surface area contributed by atoms with Gasteiger partial charge in [-0.15, -0.1) is 5.10 Å². The number of rotatable bonds is 7. The molecule has 1 aliphatic heterocycles. The first kappa shape index (κ1) is 20.3. The molecule has 0 spiro atoms. The molecule has 0 aliphatic carbocycles. The molecule has 5 heteroatoms. The van der Waals surface area contributed by atoms with Crippen molar-refractivity contribution in [1.82, 2.24) is 4.90 Å². The highest BCUT2D eigenvalue weighted by Gasteiger charge is 2.37. The zero-order valence-electron chi connectivity index (χ0n) is 16.8. The molecule has 0 saturated carbocycles. The number of amidine groups is 1. The maximum Gasteiger partial charge on any atom is 0.242 e. The number of thioether (sulfide) groups is 1. The number of carbonyl (C=O) groups excluding carboxylic acids is 1. The Kier molecular flexibility index (Phi) is 7.04. The van der Waals surface area contributed by atoms with E-state index in [1.54, 1.807) is 22.9 Å². The van der Waals surface area contributed by atoms with E-state index < -0.39 is 0 Å². The number of hydrogen-bond donors (Lipinski definition) is 0. The molecule has 0 aromatic heterocycles. The van der Waals surface area contributed by atoms with Gasteiger partial charge in [-0.3, -0.25) is 9.69 Å². The lowest BCUT2D eigenvalue weighted by molar-refractivity contribution is -0.126. The third-order valence-corrected chi connectivity index (χ3v) is 6.09. The van der Waals surface area contributed by atoms with E-state index in [0.717, 1.165) is 30.4 Å². The van der Waals surface area contributed by atoms with Gasteiger partial charge in [0.1, 0.15) is 0 Å². The minimum atomic E-state index is -0.0581. The number of carbonyl (C=O) groups is 1. The van der Waals surface area contributed by atoms with Gasteiger partial charge in [0.25, 0.3) is 0 Å². The third kappa shape index (κ3) is 5.10.